The molecule has 2 amide bonds. The lowest BCUT2D eigenvalue weighted by molar-refractivity contribution is 0.233. The summed E-state index contributed by atoms with van der Waals surface area (Å²) in [6.45, 7) is 6.06. The highest BCUT2D eigenvalue weighted by atomic mass is 16.3. The number of carbonyl (C=O) groups is 1. The highest BCUT2D eigenvalue weighted by molar-refractivity contribution is 5.73. The molecule has 5 nitrogen and oxygen atoms in total. The van der Waals surface area contributed by atoms with Gasteiger partial charge in [-0.25, -0.2) is 4.79 Å². The van der Waals surface area contributed by atoms with Gasteiger partial charge < -0.3 is 21.1 Å². The second-order valence-electron chi connectivity index (χ2n) is 5.66. The van der Waals surface area contributed by atoms with Crippen molar-refractivity contribution in [2.45, 2.75) is 32.2 Å². The molecular formula is C16H25N3O2. The Balaban J connectivity index is 1.93. The fourth-order valence-electron chi connectivity index (χ4n) is 2.81. The summed E-state index contributed by atoms with van der Waals surface area (Å²) in [7, 11) is 0. The smallest absolute Gasteiger partial charge is 0.314 e. The minimum absolute atomic E-state index is 0.0413. The Morgan fingerprint density at radius 3 is 2.86 bits per heavy atom. The predicted octanol–water partition coefficient (Wildman–Crippen LogP) is 1.04. The molecule has 1 saturated heterocycles. The van der Waals surface area contributed by atoms with Crippen molar-refractivity contribution in [2.24, 2.45) is 0 Å². The Morgan fingerprint density at radius 2 is 2.14 bits per heavy atom. The Morgan fingerprint density at radius 1 is 1.33 bits per heavy atom. The van der Waals surface area contributed by atoms with Gasteiger partial charge >= 0.3 is 6.03 Å². The number of aliphatic hydroxyl groups excluding tert-OH is 1. The van der Waals surface area contributed by atoms with Gasteiger partial charge in [0.15, 0.2) is 0 Å². The lowest BCUT2D eigenvalue weighted by atomic mass is 9.90. The normalized spacial score (nSPS) is 21.3. The first-order valence-electron chi connectivity index (χ1n) is 7.55. The average Bonchev–Trinajstić information content (AvgIpc) is 2.94. The molecule has 21 heavy (non-hydrogen) atoms. The first kappa shape index (κ1) is 15.8. The van der Waals surface area contributed by atoms with Gasteiger partial charge in [0.2, 0.25) is 0 Å². The molecule has 2 atom stereocenters. The van der Waals surface area contributed by atoms with Crippen molar-refractivity contribution in [1.82, 2.24) is 16.0 Å². The van der Waals surface area contributed by atoms with E-state index in [4.69, 9.17) is 5.11 Å². The van der Waals surface area contributed by atoms with Gasteiger partial charge in [0, 0.05) is 25.0 Å². The Bertz CT molecular complexity index is 490. The molecular weight excluding hydrogens is 266 g/mol. The summed E-state index contributed by atoms with van der Waals surface area (Å²) in [6, 6.07) is 6.65. The molecule has 116 valence electrons. The lowest BCUT2D eigenvalue weighted by Crippen LogP contribution is -2.44. The Kier molecular flexibility index (Phi) is 5.59. The van der Waals surface area contributed by atoms with E-state index in [1.807, 2.05) is 0 Å². The van der Waals surface area contributed by atoms with Crippen molar-refractivity contribution >= 4 is 6.03 Å². The maximum absolute atomic E-state index is 11.5. The van der Waals surface area contributed by atoms with E-state index in [-0.39, 0.29) is 25.2 Å². The van der Waals surface area contributed by atoms with Gasteiger partial charge in [0.25, 0.3) is 0 Å². The number of urea groups is 1. The molecule has 0 bridgehead atoms. The fourth-order valence-corrected chi connectivity index (χ4v) is 2.81. The van der Waals surface area contributed by atoms with Crippen molar-refractivity contribution in [3.63, 3.8) is 0 Å². The van der Waals surface area contributed by atoms with Crippen LogP contribution < -0.4 is 16.0 Å². The number of hydrogen-bond acceptors (Lipinski definition) is 3. The van der Waals surface area contributed by atoms with Crippen LogP contribution in [0.1, 0.15) is 29.0 Å². The summed E-state index contributed by atoms with van der Waals surface area (Å²) < 4.78 is 0. The molecule has 0 aromatic heterocycles. The van der Waals surface area contributed by atoms with Gasteiger partial charge in [-0.2, -0.15) is 0 Å². The largest absolute Gasteiger partial charge is 0.395 e. The van der Waals surface area contributed by atoms with Gasteiger partial charge in [-0.1, -0.05) is 18.2 Å². The molecule has 0 radical (unpaired) electrons. The zero-order valence-corrected chi connectivity index (χ0v) is 12.8. The SMILES string of the molecule is Cc1ccc(C2CCN[C@@H]2CNC(=O)NCCO)cc1C. The van der Waals surface area contributed by atoms with Crippen LogP contribution in [0.3, 0.4) is 0 Å². The second-order valence-corrected chi connectivity index (χ2v) is 5.66. The topological polar surface area (TPSA) is 73.4 Å². The summed E-state index contributed by atoms with van der Waals surface area (Å²) in [5.74, 6) is 0.433. The van der Waals surface area contributed by atoms with E-state index < -0.39 is 0 Å². The summed E-state index contributed by atoms with van der Waals surface area (Å²) >= 11 is 0. The van der Waals surface area contributed by atoms with Gasteiger partial charge in [-0.15, -0.1) is 0 Å². The monoisotopic (exact) mass is 291 g/mol. The molecule has 1 unspecified atom stereocenters. The number of nitrogens with one attached hydrogen (secondary N) is 3. The minimum Gasteiger partial charge on any atom is -0.395 e. The number of hydrogen-bond donors (Lipinski definition) is 4. The van der Waals surface area contributed by atoms with Crippen molar-refractivity contribution in [2.75, 3.05) is 26.2 Å². The van der Waals surface area contributed by atoms with E-state index in [2.05, 4.69) is 48.0 Å². The highest BCUT2D eigenvalue weighted by Gasteiger charge is 2.28. The molecule has 1 aromatic carbocycles. The fraction of sp³-hybridized carbons (Fsp3) is 0.562. The average molecular weight is 291 g/mol. The van der Waals surface area contributed by atoms with Crippen LogP contribution in [-0.4, -0.2) is 43.4 Å². The standard InChI is InChI=1S/C16H25N3O2/c1-11-3-4-13(9-12(11)2)14-5-6-17-15(14)10-19-16(21)18-7-8-20/h3-4,9,14-15,17,20H,5-8,10H2,1-2H3,(H2,18,19,21)/t14?,15-/m1/s1. The zero-order valence-electron chi connectivity index (χ0n) is 12.8. The van der Waals surface area contributed by atoms with E-state index in [1.54, 1.807) is 0 Å². The number of carbonyl (C=O) groups excluding carboxylic acids is 1. The highest BCUT2D eigenvalue weighted by Crippen LogP contribution is 2.28. The van der Waals surface area contributed by atoms with Gasteiger partial charge in [-0.3, -0.25) is 0 Å². The van der Waals surface area contributed by atoms with E-state index in [0.717, 1.165) is 13.0 Å². The molecule has 0 spiro atoms. The van der Waals surface area contributed by atoms with Crippen LogP contribution in [-0.2, 0) is 0 Å². The predicted molar refractivity (Wildman–Crippen MR) is 83.6 cm³/mol. The quantitative estimate of drug-likeness (QED) is 0.655. The van der Waals surface area contributed by atoms with E-state index in [9.17, 15) is 4.79 Å². The van der Waals surface area contributed by atoms with Crippen molar-refractivity contribution < 1.29 is 9.90 Å². The Hall–Kier alpha value is -1.59. The van der Waals surface area contributed by atoms with E-state index in [0.29, 0.717) is 12.5 Å². The van der Waals surface area contributed by atoms with Gasteiger partial charge in [-0.05, 0) is 43.5 Å². The second kappa shape index (κ2) is 7.43. The summed E-state index contributed by atoms with van der Waals surface area (Å²) in [4.78, 5) is 11.5. The summed E-state index contributed by atoms with van der Waals surface area (Å²) in [6.07, 6.45) is 1.09. The minimum atomic E-state index is -0.225. The number of aliphatic hydroxyl groups is 1. The Labute approximate surface area is 126 Å². The molecule has 5 heteroatoms. The van der Waals surface area contributed by atoms with Gasteiger partial charge in [0.1, 0.15) is 0 Å². The van der Waals surface area contributed by atoms with Gasteiger partial charge in [0.05, 0.1) is 6.61 Å². The lowest BCUT2D eigenvalue weighted by Gasteiger charge is -2.21. The third-order valence-electron chi connectivity index (χ3n) is 4.19. The third kappa shape index (κ3) is 4.19. The van der Waals surface area contributed by atoms with Crippen LogP contribution in [0.15, 0.2) is 18.2 Å². The van der Waals surface area contributed by atoms with Crippen LogP contribution in [0.4, 0.5) is 4.79 Å². The maximum atomic E-state index is 11.5. The number of benzene rings is 1. The summed E-state index contributed by atoms with van der Waals surface area (Å²) in [5.41, 5.74) is 3.96. The molecule has 2 rings (SSSR count). The van der Waals surface area contributed by atoms with Crippen LogP contribution in [0.2, 0.25) is 0 Å². The molecule has 4 N–H and O–H groups in total. The van der Waals surface area contributed by atoms with Crippen molar-refractivity contribution in [1.29, 1.82) is 0 Å². The molecule has 0 saturated carbocycles. The maximum Gasteiger partial charge on any atom is 0.314 e. The van der Waals surface area contributed by atoms with Crippen LogP contribution in [0.25, 0.3) is 0 Å². The number of rotatable bonds is 5. The van der Waals surface area contributed by atoms with Crippen molar-refractivity contribution in [3.05, 3.63) is 34.9 Å². The molecule has 1 aliphatic heterocycles. The van der Waals surface area contributed by atoms with Crippen molar-refractivity contribution in [3.8, 4) is 0 Å². The first-order valence-corrected chi connectivity index (χ1v) is 7.55. The first-order chi connectivity index (χ1) is 10.1. The zero-order chi connectivity index (χ0) is 15.2. The molecule has 1 aromatic rings. The van der Waals surface area contributed by atoms with E-state index >= 15 is 0 Å². The van der Waals surface area contributed by atoms with Crippen LogP contribution >= 0.6 is 0 Å². The molecule has 1 heterocycles. The number of amides is 2. The van der Waals surface area contributed by atoms with Crippen LogP contribution in [0.5, 0.6) is 0 Å². The third-order valence-corrected chi connectivity index (χ3v) is 4.19. The molecule has 1 aliphatic rings. The molecule has 1 fully saturated rings. The number of aryl methyl sites for hydroxylation is 2. The molecule has 0 aliphatic carbocycles. The van der Waals surface area contributed by atoms with E-state index in [1.165, 1.54) is 16.7 Å². The van der Waals surface area contributed by atoms with Crippen LogP contribution in [0, 0.1) is 13.8 Å². The summed E-state index contributed by atoms with van der Waals surface area (Å²) in [5, 5.41) is 17.6.